The smallest absolute Gasteiger partial charge is 0.123 e. The van der Waals surface area contributed by atoms with Crippen LogP contribution in [0.15, 0.2) is 48.5 Å². The minimum Gasteiger partial charge on any atom is -0.491 e. The van der Waals surface area contributed by atoms with Gasteiger partial charge in [-0.1, -0.05) is 49.1 Å². The number of aliphatic hydroxyl groups is 1. The molecular formula is C23H30FNO2. The lowest BCUT2D eigenvalue weighted by molar-refractivity contribution is 0.103. The number of nitrogens with one attached hydrogen (secondary N) is 1. The van der Waals surface area contributed by atoms with Crippen LogP contribution < -0.4 is 10.1 Å². The molecule has 0 spiro atoms. The van der Waals surface area contributed by atoms with Crippen LogP contribution in [0.4, 0.5) is 4.39 Å². The van der Waals surface area contributed by atoms with Crippen LogP contribution >= 0.6 is 0 Å². The van der Waals surface area contributed by atoms with Crippen molar-refractivity contribution >= 4 is 0 Å². The Bertz CT molecular complexity index is 693. The van der Waals surface area contributed by atoms with E-state index in [0.29, 0.717) is 6.54 Å². The molecule has 0 bridgehead atoms. The van der Waals surface area contributed by atoms with Gasteiger partial charge in [-0.15, -0.1) is 0 Å². The van der Waals surface area contributed by atoms with Gasteiger partial charge in [0.1, 0.15) is 24.3 Å². The zero-order valence-corrected chi connectivity index (χ0v) is 16.1. The predicted molar refractivity (Wildman–Crippen MR) is 107 cm³/mol. The van der Waals surface area contributed by atoms with Crippen LogP contribution in [0, 0.1) is 12.7 Å². The first kappa shape index (κ1) is 19.8. The van der Waals surface area contributed by atoms with Gasteiger partial charge in [0.2, 0.25) is 0 Å². The van der Waals surface area contributed by atoms with E-state index in [1.54, 1.807) is 12.1 Å². The molecule has 1 fully saturated rings. The van der Waals surface area contributed by atoms with E-state index in [1.165, 1.54) is 30.4 Å². The Kier molecular flexibility index (Phi) is 6.86. The Morgan fingerprint density at radius 3 is 2.37 bits per heavy atom. The van der Waals surface area contributed by atoms with Gasteiger partial charge in [-0.2, -0.15) is 0 Å². The molecule has 0 heterocycles. The normalized spacial score (nSPS) is 17.4. The summed E-state index contributed by atoms with van der Waals surface area (Å²) in [6.45, 7) is 3.57. The summed E-state index contributed by atoms with van der Waals surface area (Å²) in [5, 5.41) is 13.7. The van der Waals surface area contributed by atoms with Crippen molar-refractivity contribution in [1.29, 1.82) is 0 Å². The molecular weight excluding hydrogens is 341 g/mol. The number of ether oxygens (including phenoxy) is 1. The second kappa shape index (κ2) is 9.34. The minimum absolute atomic E-state index is 0.0312. The summed E-state index contributed by atoms with van der Waals surface area (Å²) in [6, 6.07) is 14.8. The zero-order chi connectivity index (χ0) is 19.1. The molecule has 146 valence electrons. The van der Waals surface area contributed by atoms with Gasteiger partial charge >= 0.3 is 0 Å². The fourth-order valence-electron chi connectivity index (χ4n) is 3.96. The van der Waals surface area contributed by atoms with E-state index in [1.807, 2.05) is 43.3 Å². The first-order valence-electron chi connectivity index (χ1n) is 9.92. The van der Waals surface area contributed by atoms with Gasteiger partial charge in [-0.25, -0.2) is 4.39 Å². The molecule has 2 aromatic carbocycles. The highest BCUT2D eigenvalue weighted by molar-refractivity contribution is 5.27. The number of halogens is 1. The maximum absolute atomic E-state index is 13.3. The van der Waals surface area contributed by atoms with Gasteiger partial charge in [0, 0.05) is 18.5 Å². The molecule has 1 unspecified atom stereocenters. The van der Waals surface area contributed by atoms with E-state index >= 15 is 0 Å². The monoisotopic (exact) mass is 371 g/mol. The average molecular weight is 371 g/mol. The molecule has 3 rings (SSSR count). The molecule has 1 saturated carbocycles. The van der Waals surface area contributed by atoms with Gasteiger partial charge in [0.25, 0.3) is 0 Å². The van der Waals surface area contributed by atoms with Crippen molar-refractivity contribution in [3.8, 4) is 5.75 Å². The van der Waals surface area contributed by atoms with E-state index in [0.717, 1.165) is 25.1 Å². The molecule has 4 heteroatoms. The SMILES string of the molecule is Cc1ccc(OCC(O)CNCC2(c3ccc(F)cc3)CCCCC2)cc1. The van der Waals surface area contributed by atoms with Crippen LogP contribution in [0.2, 0.25) is 0 Å². The van der Waals surface area contributed by atoms with Gasteiger partial charge < -0.3 is 15.2 Å². The minimum atomic E-state index is -0.569. The van der Waals surface area contributed by atoms with Gasteiger partial charge in [0.05, 0.1) is 0 Å². The summed E-state index contributed by atoms with van der Waals surface area (Å²) in [6.07, 6.45) is 5.27. The third-order valence-electron chi connectivity index (χ3n) is 5.57. The third kappa shape index (κ3) is 5.53. The highest BCUT2D eigenvalue weighted by Crippen LogP contribution is 2.39. The molecule has 2 aromatic rings. The van der Waals surface area contributed by atoms with Gasteiger partial charge in [0.15, 0.2) is 0 Å². The first-order chi connectivity index (χ1) is 13.1. The van der Waals surface area contributed by atoms with Crippen molar-refractivity contribution in [3.63, 3.8) is 0 Å². The van der Waals surface area contributed by atoms with Crippen molar-refractivity contribution < 1.29 is 14.2 Å². The molecule has 1 atom stereocenters. The van der Waals surface area contributed by atoms with E-state index < -0.39 is 6.10 Å². The van der Waals surface area contributed by atoms with E-state index in [-0.39, 0.29) is 17.8 Å². The fraction of sp³-hybridized carbons (Fsp3) is 0.478. The summed E-state index contributed by atoms with van der Waals surface area (Å²) in [5.74, 6) is 0.580. The maximum Gasteiger partial charge on any atom is 0.123 e. The highest BCUT2D eigenvalue weighted by atomic mass is 19.1. The molecule has 0 radical (unpaired) electrons. The van der Waals surface area contributed by atoms with E-state index in [9.17, 15) is 9.50 Å². The van der Waals surface area contributed by atoms with Crippen LogP contribution in [0.1, 0.15) is 43.2 Å². The number of aryl methyl sites for hydroxylation is 1. The van der Waals surface area contributed by atoms with E-state index in [4.69, 9.17) is 4.74 Å². The molecule has 0 saturated heterocycles. The average Bonchev–Trinajstić information content (AvgIpc) is 2.69. The topological polar surface area (TPSA) is 41.5 Å². The summed E-state index contributed by atoms with van der Waals surface area (Å²) >= 11 is 0. The molecule has 0 aromatic heterocycles. The molecule has 3 nitrogen and oxygen atoms in total. The Morgan fingerprint density at radius 2 is 1.70 bits per heavy atom. The molecule has 1 aliphatic rings. The third-order valence-corrected chi connectivity index (χ3v) is 5.57. The summed E-state index contributed by atoms with van der Waals surface area (Å²) < 4.78 is 19.0. The second-order valence-corrected chi connectivity index (χ2v) is 7.76. The summed E-state index contributed by atoms with van der Waals surface area (Å²) in [4.78, 5) is 0. The number of hydrogen-bond acceptors (Lipinski definition) is 3. The van der Waals surface area contributed by atoms with Crippen molar-refractivity contribution in [2.24, 2.45) is 0 Å². The quantitative estimate of drug-likeness (QED) is 0.724. The van der Waals surface area contributed by atoms with Crippen molar-refractivity contribution in [2.45, 2.75) is 50.5 Å². The number of benzene rings is 2. The number of aliphatic hydroxyl groups excluding tert-OH is 1. The summed E-state index contributed by atoms with van der Waals surface area (Å²) in [7, 11) is 0. The van der Waals surface area contributed by atoms with Crippen LogP contribution in [-0.2, 0) is 5.41 Å². The standard InChI is InChI=1S/C23H30FNO2/c1-18-5-11-22(12-6-18)27-16-21(26)15-25-17-23(13-3-2-4-14-23)19-7-9-20(24)10-8-19/h5-12,21,25-26H,2-4,13-17H2,1H3. The lowest BCUT2D eigenvalue weighted by Crippen LogP contribution is -2.43. The molecule has 27 heavy (non-hydrogen) atoms. The van der Waals surface area contributed by atoms with Crippen molar-refractivity contribution in [3.05, 3.63) is 65.5 Å². The van der Waals surface area contributed by atoms with Crippen LogP contribution in [0.3, 0.4) is 0 Å². The van der Waals surface area contributed by atoms with Gasteiger partial charge in [-0.3, -0.25) is 0 Å². The number of rotatable bonds is 8. The van der Waals surface area contributed by atoms with Crippen LogP contribution in [-0.4, -0.2) is 30.9 Å². The highest BCUT2D eigenvalue weighted by Gasteiger charge is 2.33. The number of hydrogen-bond donors (Lipinski definition) is 2. The van der Waals surface area contributed by atoms with Crippen LogP contribution in [0.5, 0.6) is 5.75 Å². The maximum atomic E-state index is 13.3. The fourth-order valence-corrected chi connectivity index (χ4v) is 3.96. The first-order valence-corrected chi connectivity index (χ1v) is 9.92. The Balaban J connectivity index is 1.51. The summed E-state index contributed by atoms with van der Waals surface area (Å²) in [5.41, 5.74) is 2.41. The Labute approximate surface area is 161 Å². The van der Waals surface area contributed by atoms with Gasteiger partial charge in [-0.05, 0) is 49.6 Å². The largest absolute Gasteiger partial charge is 0.491 e. The lowest BCUT2D eigenvalue weighted by atomic mass is 9.69. The lowest BCUT2D eigenvalue weighted by Gasteiger charge is -2.38. The molecule has 0 aliphatic heterocycles. The Hall–Kier alpha value is -1.91. The van der Waals surface area contributed by atoms with Crippen molar-refractivity contribution in [1.82, 2.24) is 5.32 Å². The van der Waals surface area contributed by atoms with Crippen molar-refractivity contribution in [2.75, 3.05) is 19.7 Å². The molecule has 1 aliphatic carbocycles. The molecule has 0 amide bonds. The second-order valence-electron chi connectivity index (χ2n) is 7.76. The predicted octanol–water partition coefficient (Wildman–Crippen LogP) is 4.37. The zero-order valence-electron chi connectivity index (χ0n) is 16.1. The van der Waals surface area contributed by atoms with Crippen LogP contribution in [0.25, 0.3) is 0 Å². The van der Waals surface area contributed by atoms with E-state index in [2.05, 4.69) is 5.32 Å². The molecule has 2 N–H and O–H groups in total. The Morgan fingerprint density at radius 1 is 1.04 bits per heavy atom.